The fraction of sp³-hybridized carbons (Fsp3) is 0.167. The molecule has 1 N–H and O–H groups in total. The lowest BCUT2D eigenvalue weighted by Crippen LogP contribution is -2.14. The molecule has 7 heteroatoms. The average Bonchev–Trinajstić information content (AvgIpc) is 3.08. The van der Waals surface area contributed by atoms with E-state index in [-0.39, 0.29) is 5.91 Å². The largest absolute Gasteiger partial charge is 0.317 e. The smallest absolute Gasteiger partial charge is 0.276 e. The average molecular weight is 256 g/mol. The van der Waals surface area contributed by atoms with Crippen molar-refractivity contribution in [3.63, 3.8) is 0 Å². The number of hydrogen-bond acceptors (Lipinski definition) is 4. The summed E-state index contributed by atoms with van der Waals surface area (Å²) < 4.78 is 3.30. The van der Waals surface area contributed by atoms with Crippen molar-refractivity contribution in [3.8, 4) is 0 Å². The Labute approximate surface area is 108 Å². The van der Waals surface area contributed by atoms with Crippen LogP contribution in [0.3, 0.4) is 0 Å². The zero-order valence-electron chi connectivity index (χ0n) is 10.3. The van der Waals surface area contributed by atoms with Crippen LogP contribution in [0.5, 0.6) is 0 Å². The number of aromatic nitrogens is 5. The molecule has 3 rings (SSSR count). The van der Waals surface area contributed by atoms with Crippen molar-refractivity contribution in [1.82, 2.24) is 24.4 Å². The van der Waals surface area contributed by atoms with Gasteiger partial charge in [0.05, 0.1) is 5.69 Å². The molecule has 0 unspecified atom stereocenters. The number of rotatable bonds is 3. The molecule has 0 radical (unpaired) electrons. The van der Waals surface area contributed by atoms with Crippen LogP contribution < -0.4 is 5.32 Å². The topological polar surface area (TPSA) is 77.1 Å². The Hall–Kier alpha value is -2.70. The second kappa shape index (κ2) is 4.52. The number of pyridine rings is 1. The summed E-state index contributed by atoms with van der Waals surface area (Å²) >= 11 is 0. The van der Waals surface area contributed by atoms with Crippen LogP contribution in [0.2, 0.25) is 0 Å². The number of fused-ring (bicyclic) bond motifs is 1. The number of aryl methyl sites for hydroxylation is 1. The fourth-order valence-electron chi connectivity index (χ4n) is 1.79. The minimum absolute atomic E-state index is 0.261. The zero-order valence-corrected chi connectivity index (χ0v) is 10.3. The van der Waals surface area contributed by atoms with Crippen molar-refractivity contribution < 1.29 is 4.79 Å². The second-order valence-electron chi connectivity index (χ2n) is 3.96. The Kier molecular flexibility index (Phi) is 2.71. The molecule has 3 aromatic rings. The molecule has 3 aromatic heterocycles. The van der Waals surface area contributed by atoms with Gasteiger partial charge in [-0.2, -0.15) is 10.2 Å². The lowest BCUT2D eigenvalue weighted by molar-refractivity contribution is 0.102. The highest BCUT2D eigenvalue weighted by Crippen LogP contribution is 2.14. The van der Waals surface area contributed by atoms with Gasteiger partial charge in [0.25, 0.3) is 5.91 Å². The Balaban J connectivity index is 1.88. The molecule has 0 aliphatic rings. The van der Waals surface area contributed by atoms with Crippen LogP contribution >= 0.6 is 0 Å². The van der Waals surface area contributed by atoms with Gasteiger partial charge in [-0.1, -0.05) is 0 Å². The highest BCUT2D eigenvalue weighted by molar-refractivity contribution is 6.04. The number of nitrogens with one attached hydrogen (secondary N) is 1. The Morgan fingerprint density at radius 3 is 3.05 bits per heavy atom. The quantitative estimate of drug-likeness (QED) is 0.763. The molecule has 3 heterocycles. The maximum Gasteiger partial charge on any atom is 0.276 e. The highest BCUT2D eigenvalue weighted by atomic mass is 16.2. The van der Waals surface area contributed by atoms with Gasteiger partial charge in [0, 0.05) is 18.9 Å². The van der Waals surface area contributed by atoms with Gasteiger partial charge in [0.2, 0.25) is 0 Å². The Morgan fingerprint density at radius 1 is 1.37 bits per heavy atom. The number of anilines is 1. The molecule has 96 valence electrons. The molecule has 0 aliphatic heterocycles. The van der Waals surface area contributed by atoms with E-state index in [2.05, 4.69) is 20.5 Å². The molecule has 19 heavy (non-hydrogen) atoms. The van der Waals surface area contributed by atoms with Crippen molar-refractivity contribution in [2.24, 2.45) is 0 Å². The lowest BCUT2D eigenvalue weighted by Gasteiger charge is -2.03. The molecule has 0 atom stereocenters. The Morgan fingerprint density at radius 2 is 2.26 bits per heavy atom. The number of hydrogen-bond donors (Lipinski definition) is 1. The van der Waals surface area contributed by atoms with Gasteiger partial charge >= 0.3 is 0 Å². The monoisotopic (exact) mass is 256 g/mol. The number of carbonyl (C=O) groups is 1. The molecule has 0 saturated carbocycles. The molecule has 0 fully saturated rings. The third-order valence-corrected chi connectivity index (χ3v) is 2.75. The van der Waals surface area contributed by atoms with Gasteiger partial charge in [-0.15, -0.1) is 0 Å². The normalized spacial score (nSPS) is 10.8. The van der Waals surface area contributed by atoms with Crippen LogP contribution in [0.1, 0.15) is 17.4 Å². The molecule has 0 aromatic carbocycles. The van der Waals surface area contributed by atoms with E-state index >= 15 is 0 Å². The molecular weight excluding hydrogens is 244 g/mol. The SMILES string of the molecule is CCn1ccc(C(=O)Nc2cccn3ncnc23)n1. The van der Waals surface area contributed by atoms with Gasteiger partial charge in [-0.05, 0) is 25.1 Å². The first-order valence-electron chi connectivity index (χ1n) is 5.91. The van der Waals surface area contributed by atoms with E-state index in [9.17, 15) is 4.79 Å². The van der Waals surface area contributed by atoms with Gasteiger partial charge in [0.1, 0.15) is 6.33 Å². The fourth-order valence-corrected chi connectivity index (χ4v) is 1.79. The standard InChI is InChI=1S/C12H12N6O/c1-2-17-7-5-10(16-17)12(19)15-9-4-3-6-18-11(9)13-8-14-18/h3-8H,2H2,1H3,(H,15,19). The van der Waals surface area contributed by atoms with Crippen LogP contribution in [0, 0.1) is 0 Å². The summed E-state index contributed by atoms with van der Waals surface area (Å²) in [5.74, 6) is -0.261. The predicted molar refractivity (Wildman–Crippen MR) is 68.8 cm³/mol. The first-order valence-corrected chi connectivity index (χ1v) is 5.91. The van der Waals surface area contributed by atoms with E-state index in [0.717, 1.165) is 6.54 Å². The van der Waals surface area contributed by atoms with Gasteiger partial charge in [0.15, 0.2) is 11.3 Å². The summed E-state index contributed by atoms with van der Waals surface area (Å²) in [5, 5.41) is 11.0. The minimum Gasteiger partial charge on any atom is -0.317 e. The van der Waals surface area contributed by atoms with Crippen molar-refractivity contribution in [2.45, 2.75) is 13.5 Å². The van der Waals surface area contributed by atoms with E-state index in [1.165, 1.54) is 6.33 Å². The molecule has 0 bridgehead atoms. The summed E-state index contributed by atoms with van der Waals surface area (Å²) in [4.78, 5) is 16.2. The molecular formula is C12H12N6O. The van der Waals surface area contributed by atoms with Crippen molar-refractivity contribution in [1.29, 1.82) is 0 Å². The van der Waals surface area contributed by atoms with Crippen molar-refractivity contribution in [3.05, 3.63) is 42.6 Å². The Bertz CT molecular complexity index is 728. The number of amides is 1. The third kappa shape index (κ3) is 2.05. The maximum absolute atomic E-state index is 12.1. The third-order valence-electron chi connectivity index (χ3n) is 2.75. The van der Waals surface area contributed by atoms with Crippen LogP contribution in [-0.2, 0) is 6.54 Å². The van der Waals surface area contributed by atoms with Crippen molar-refractivity contribution >= 4 is 17.2 Å². The first-order chi connectivity index (χ1) is 9.28. The number of nitrogens with zero attached hydrogens (tertiary/aromatic N) is 5. The summed E-state index contributed by atoms with van der Waals surface area (Å²) in [6.07, 6.45) is 4.98. The molecule has 0 saturated heterocycles. The highest BCUT2D eigenvalue weighted by Gasteiger charge is 2.12. The van der Waals surface area contributed by atoms with Crippen LogP contribution in [0.15, 0.2) is 36.9 Å². The molecule has 7 nitrogen and oxygen atoms in total. The summed E-state index contributed by atoms with van der Waals surface area (Å²) in [6, 6.07) is 5.25. The van der Waals surface area contributed by atoms with E-state index in [0.29, 0.717) is 17.0 Å². The van der Waals surface area contributed by atoms with Crippen LogP contribution in [0.25, 0.3) is 5.65 Å². The van der Waals surface area contributed by atoms with Crippen molar-refractivity contribution in [2.75, 3.05) is 5.32 Å². The number of carbonyl (C=O) groups excluding carboxylic acids is 1. The van der Waals surface area contributed by atoms with Gasteiger partial charge in [-0.25, -0.2) is 9.50 Å². The predicted octanol–water partition coefficient (Wildman–Crippen LogP) is 1.20. The summed E-state index contributed by atoms with van der Waals surface area (Å²) in [6.45, 7) is 2.69. The first kappa shape index (κ1) is 11.4. The second-order valence-corrected chi connectivity index (χ2v) is 3.96. The van der Waals surface area contributed by atoms with E-state index in [4.69, 9.17) is 0 Å². The van der Waals surface area contributed by atoms with E-state index in [1.807, 2.05) is 6.92 Å². The van der Waals surface area contributed by atoms with Gasteiger partial charge in [-0.3, -0.25) is 9.48 Å². The molecule has 0 aliphatic carbocycles. The summed E-state index contributed by atoms with van der Waals surface area (Å²) in [5.41, 5.74) is 1.59. The zero-order chi connectivity index (χ0) is 13.2. The van der Waals surface area contributed by atoms with Gasteiger partial charge < -0.3 is 5.32 Å². The van der Waals surface area contributed by atoms with E-state index < -0.39 is 0 Å². The lowest BCUT2D eigenvalue weighted by atomic mass is 10.3. The van der Waals surface area contributed by atoms with Crippen LogP contribution in [-0.4, -0.2) is 30.3 Å². The summed E-state index contributed by atoms with van der Waals surface area (Å²) in [7, 11) is 0. The maximum atomic E-state index is 12.1. The van der Waals surface area contributed by atoms with Crippen LogP contribution in [0.4, 0.5) is 5.69 Å². The van der Waals surface area contributed by atoms with E-state index in [1.54, 1.807) is 39.8 Å². The molecule has 0 spiro atoms. The minimum atomic E-state index is -0.261. The molecule has 1 amide bonds.